The maximum Gasteiger partial charge on any atom is 2.00 e. The summed E-state index contributed by atoms with van der Waals surface area (Å²) in [7, 11) is -5.39. The molecular weight excluding hydrogens is 229 g/mol. The fourth-order valence-electron chi connectivity index (χ4n) is 0. The Kier molecular flexibility index (Phi) is 23.2. The van der Waals surface area contributed by atoms with Crippen LogP contribution in [0.1, 0.15) is 0 Å². The van der Waals surface area contributed by atoms with Crippen LogP contribution in [0, 0.1) is 0 Å². The van der Waals surface area contributed by atoms with E-state index in [9.17, 15) is 0 Å². The molecule has 0 bridgehead atoms. The van der Waals surface area contributed by atoms with Crippen LogP contribution in [0.5, 0.6) is 0 Å². The Labute approximate surface area is 66.2 Å². The Balaban J connectivity index is -0.0000000267. The van der Waals surface area contributed by atoms with Crippen molar-refractivity contribution >= 4 is 7.82 Å². The molecule has 1 N–H and O–H groups in total. The van der Waals surface area contributed by atoms with Gasteiger partial charge in [-0.2, -0.15) is 7.82 Å². The van der Waals surface area contributed by atoms with Crippen LogP contribution in [0.3, 0.4) is 0 Å². The van der Waals surface area contributed by atoms with Crippen LogP contribution in [0.2, 0.25) is 0 Å². The van der Waals surface area contributed by atoms with Gasteiger partial charge in [0, 0.05) is 0 Å². The molecule has 5 nitrogen and oxygen atoms in total. The molecule has 0 fully saturated rings. The van der Waals surface area contributed by atoms with Crippen molar-refractivity contribution in [2.75, 3.05) is 0 Å². The maximum absolute atomic E-state index is 8.55. The summed E-state index contributed by atoms with van der Waals surface area (Å²) in [6.45, 7) is 0. The molecule has 0 aliphatic heterocycles. The van der Waals surface area contributed by atoms with E-state index in [-0.39, 0.29) is 38.7 Å². The van der Waals surface area contributed by atoms with Gasteiger partial charge in [-0.1, -0.05) is 0 Å². The van der Waals surface area contributed by atoms with Crippen LogP contribution in [-0.2, 0) is 37.8 Å². The van der Waals surface area contributed by atoms with Gasteiger partial charge in [0.25, 0.3) is 0 Å². The molecule has 0 aromatic heterocycles. The molecular formula is HCoNiO5P. The van der Waals surface area contributed by atoms with Crippen molar-refractivity contribution in [3.8, 4) is 0 Å². The zero-order chi connectivity index (χ0) is 4.50. The molecule has 55 valence electrons. The molecule has 0 atom stereocenters. The van der Waals surface area contributed by atoms with E-state index in [0.717, 1.165) is 0 Å². The Morgan fingerprint density at radius 1 is 1.12 bits per heavy atom. The molecule has 0 aromatic carbocycles. The van der Waals surface area contributed by atoms with Gasteiger partial charge in [0.15, 0.2) is 0 Å². The smallest absolute Gasteiger partial charge is 0.870 e. The molecule has 0 aliphatic carbocycles. The summed E-state index contributed by atoms with van der Waals surface area (Å²) < 4.78 is 8.55. The summed E-state index contributed by atoms with van der Waals surface area (Å²) in [5.74, 6) is 0. The summed E-state index contributed by atoms with van der Waals surface area (Å²) in [6.07, 6.45) is 0. The number of phosphoric acid groups is 1. The summed E-state index contributed by atoms with van der Waals surface area (Å²) in [5.41, 5.74) is 0. The molecule has 8 heavy (non-hydrogen) atoms. The minimum absolute atomic E-state index is 0. The van der Waals surface area contributed by atoms with Crippen LogP contribution in [-0.4, -0.2) is 5.48 Å². The Bertz CT molecular complexity index is 58.6. The third-order valence-electron chi connectivity index (χ3n) is 0. The fraction of sp³-hybridized carbons (Fsp3) is 0. The minimum atomic E-state index is -5.39. The zero-order valence-electron chi connectivity index (χ0n) is 3.18. The SMILES string of the molecule is O=P([O-])([O-])[O-].[Co+2].[Ni+2].[OH-]. The second-order valence-electron chi connectivity index (χ2n) is 0.447. The summed E-state index contributed by atoms with van der Waals surface area (Å²) >= 11 is 0. The predicted octanol–water partition coefficient (Wildman–Crippen LogP) is -3.01. The van der Waals surface area contributed by atoms with Crippen molar-refractivity contribution in [2.24, 2.45) is 0 Å². The normalized spacial score (nSPS) is 7.38. The zero-order valence-corrected chi connectivity index (χ0v) is 6.10. The van der Waals surface area contributed by atoms with Gasteiger partial charge in [-0.05, 0) is 0 Å². The fourth-order valence-corrected chi connectivity index (χ4v) is 0. The topological polar surface area (TPSA) is 116 Å². The van der Waals surface area contributed by atoms with E-state index >= 15 is 0 Å². The first kappa shape index (κ1) is 23.0. The number of hydrogen-bond donors (Lipinski definition) is 0. The van der Waals surface area contributed by atoms with Gasteiger partial charge in [-0.25, -0.2) is 0 Å². The first-order chi connectivity index (χ1) is 2.00. The van der Waals surface area contributed by atoms with Gasteiger partial charge in [0.05, 0.1) is 0 Å². The average molecular weight is 230 g/mol. The van der Waals surface area contributed by atoms with Gasteiger partial charge in [0.2, 0.25) is 0 Å². The molecule has 0 saturated carbocycles. The van der Waals surface area contributed by atoms with Crippen molar-refractivity contribution in [3.63, 3.8) is 0 Å². The van der Waals surface area contributed by atoms with Gasteiger partial charge >= 0.3 is 33.3 Å². The van der Waals surface area contributed by atoms with Crippen LogP contribution < -0.4 is 14.7 Å². The second-order valence-corrected chi connectivity index (χ2v) is 1.34. The minimum Gasteiger partial charge on any atom is -0.870 e. The molecule has 8 heteroatoms. The summed E-state index contributed by atoms with van der Waals surface area (Å²) in [5, 5.41) is 0. The quantitative estimate of drug-likeness (QED) is 0.324. The van der Waals surface area contributed by atoms with E-state index in [1.807, 2.05) is 0 Å². The third kappa shape index (κ3) is 228. The van der Waals surface area contributed by atoms with Crippen molar-refractivity contribution in [1.82, 2.24) is 0 Å². The maximum atomic E-state index is 8.55. The van der Waals surface area contributed by atoms with Crippen molar-refractivity contribution in [2.45, 2.75) is 0 Å². The molecule has 0 heterocycles. The van der Waals surface area contributed by atoms with Gasteiger partial charge < -0.3 is 24.7 Å². The van der Waals surface area contributed by atoms with Crippen molar-refractivity contribution < 1.29 is 58.0 Å². The van der Waals surface area contributed by atoms with Crippen LogP contribution in [0.4, 0.5) is 0 Å². The van der Waals surface area contributed by atoms with Crippen molar-refractivity contribution in [1.29, 1.82) is 0 Å². The summed E-state index contributed by atoms with van der Waals surface area (Å²) in [4.78, 5) is 25.6. The first-order valence-corrected chi connectivity index (χ1v) is 2.19. The standard InChI is InChI=1S/Co.Ni.H3O4P.H2O/c;;1-5(2,3)4;/h;;(H3,1,2,3,4);1H2/q2*+2;;/p-4. The molecule has 0 amide bonds. The largest absolute Gasteiger partial charge is 2.00 e. The molecule has 0 saturated heterocycles. The van der Waals surface area contributed by atoms with E-state index < -0.39 is 7.82 Å². The molecule has 0 unspecified atom stereocenters. The Hall–Kier alpha value is 1.07. The molecule has 0 rings (SSSR count). The third-order valence-corrected chi connectivity index (χ3v) is 0. The Morgan fingerprint density at radius 2 is 1.12 bits per heavy atom. The van der Waals surface area contributed by atoms with Gasteiger partial charge in [-0.15, -0.1) is 0 Å². The molecule has 0 aliphatic rings. The Morgan fingerprint density at radius 3 is 1.12 bits per heavy atom. The average Bonchev–Trinajstić information content (AvgIpc) is 0.722. The summed E-state index contributed by atoms with van der Waals surface area (Å²) in [6, 6.07) is 0. The van der Waals surface area contributed by atoms with E-state index in [0.29, 0.717) is 0 Å². The van der Waals surface area contributed by atoms with Gasteiger partial charge in [0.1, 0.15) is 0 Å². The van der Waals surface area contributed by atoms with Crippen LogP contribution in [0.15, 0.2) is 0 Å². The molecule has 0 aromatic rings. The second kappa shape index (κ2) is 8.07. The van der Waals surface area contributed by atoms with Gasteiger partial charge in [-0.3, -0.25) is 0 Å². The van der Waals surface area contributed by atoms with E-state index in [1.54, 1.807) is 0 Å². The number of hydrogen-bond acceptors (Lipinski definition) is 5. The first-order valence-electron chi connectivity index (χ1n) is 0.730. The van der Waals surface area contributed by atoms with Crippen LogP contribution in [0.25, 0.3) is 0 Å². The van der Waals surface area contributed by atoms with E-state index in [2.05, 4.69) is 0 Å². The monoisotopic (exact) mass is 229 g/mol. The number of rotatable bonds is 0. The van der Waals surface area contributed by atoms with E-state index in [1.165, 1.54) is 0 Å². The molecule has 0 spiro atoms. The predicted molar refractivity (Wildman–Crippen MR) is 9.54 cm³/mol. The van der Waals surface area contributed by atoms with Crippen molar-refractivity contribution in [3.05, 3.63) is 0 Å². The van der Waals surface area contributed by atoms with Crippen LogP contribution >= 0.6 is 7.82 Å². The van der Waals surface area contributed by atoms with E-state index in [4.69, 9.17) is 19.2 Å². The molecule has 1 radical (unpaired) electrons.